The highest BCUT2D eigenvalue weighted by molar-refractivity contribution is 7.99. The number of fused-ring (bicyclic) bond motifs is 1. The monoisotopic (exact) mass is 481 g/mol. The van der Waals surface area contributed by atoms with Crippen molar-refractivity contribution in [1.29, 1.82) is 0 Å². The number of imidazole rings is 1. The number of nitrogens with zero attached hydrogens (tertiary/aromatic N) is 4. The second-order valence-corrected chi connectivity index (χ2v) is 8.94. The Morgan fingerprint density at radius 2 is 1.91 bits per heavy atom. The van der Waals surface area contributed by atoms with Gasteiger partial charge >= 0.3 is 5.97 Å². The maximum absolute atomic E-state index is 14.4. The highest BCUT2D eigenvalue weighted by atomic mass is 32.2. The van der Waals surface area contributed by atoms with Crippen molar-refractivity contribution in [3.63, 3.8) is 0 Å². The van der Waals surface area contributed by atoms with Crippen LogP contribution in [-0.2, 0) is 16.1 Å². The molecule has 0 bridgehead atoms. The number of aromatic amines is 1. The van der Waals surface area contributed by atoms with E-state index in [4.69, 9.17) is 4.74 Å². The first-order chi connectivity index (χ1) is 16.4. The largest absolute Gasteiger partial charge is 0.510 e. The van der Waals surface area contributed by atoms with Crippen molar-refractivity contribution in [2.45, 2.75) is 25.5 Å². The van der Waals surface area contributed by atoms with Crippen molar-refractivity contribution in [2.24, 2.45) is 5.92 Å². The van der Waals surface area contributed by atoms with Gasteiger partial charge in [-0.3, -0.25) is 0 Å². The molecule has 0 unspecified atom stereocenters. The molecule has 2 aromatic heterocycles. The molecule has 176 valence electrons. The molecule has 0 saturated heterocycles. The smallest absolute Gasteiger partial charge is 0.345 e. The third kappa shape index (κ3) is 4.81. The Morgan fingerprint density at radius 3 is 2.62 bits per heavy atom. The average molecular weight is 482 g/mol. The summed E-state index contributed by atoms with van der Waals surface area (Å²) in [6.07, 6.45) is 0. The number of nitrogens with one attached hydrogen (secondary N) is 1. The van der Waals surface area contributed by atoms with Gasteiger partial charge in [-0.05, 0) is 30.2 Å². The van der Waals surface area contributed by atoms with Gasteiger partial charge < -0.3 is 19.4 Å². The molecule has 34 heavy (non-hydrogen) atoms. The molecule has 2 aromatic carbocycles. The number of hydrogen-bond donors (Lipinski definition) is 2. The summed E-state index contributed by atoms with van der Waals surface area (Å²) in [5, 5.41) is 19.8. The molecule has 4 rings (SSSR count). The van der Waals surface area contributed by atoms with E-state index in [0.717, 1.165) is 5.52 Å². The van der Waals surface area contributed by atoms with Crippen LogP contribution in [0.25, 0.3) is 28.0 Å². The minimum atomic E-state index is -0.715. The number of aliphatic hydroxyl groups is 1. The molecule has 10 heteroatoms. The third-order valence-electron chi connectivity index (χ3n) is 5.02. The summed E-state index contributed by atoms with van der Waals surface area (Å²) >= 11 is 1.19. The number of aliphatic hydroxyl groups excluding tert-OH is 1. The van der Waals surface area contributed by atoms with Crippen molar-refractivity contribution >= 4 is 34.3 Å². The summed E-state index contributed by atoms with van der Waals surface area (Å²) in [6, 6.07) is 13.7. The zero-order valence-corrected chi connectivity index (χ0v) is 19.8. The lowest BCUT2D eigenvalue weighted by atomic mass is 10.2. The van der Waals surface area contributed by atoms with E-state index in [0.29, 0.717) is 28.6 Å². The highest BCUT2D eigenvalue weighted by Crippen LogP contribution is 2.29. The van der Waals surface area contributed by atoms with Crippen LogP contribution in [0.15, 0.2) is 59.4 Å². The predicted molar refractivity (Wildman–Crippen MR) is 129 cm³/mol. The predicted octanol–water partition coefficient (Wildman–Crippen LogP) is 4.85. The zero-order valence-electron chi connectivity index (χ0n) is 18.9. The lowest BCUT2D eigenvalue weighted by Crippen LogP contribution is -2.11. The van der Waals surface area contributed by atoms with Gasteiger partial charge in [-0.2, -0.15) is 0 Å². The fraction of sp³-hybridized carbons (Fsp3) is 0.250. The van der Waals surface area contributed by atoms with Crippen molar-refractivity contribution < 1.29 is 19.0 Å². The van der Waals surface area contributed by atoms with Gasteiger partial charge in [-0.15, -0.1) is 10.2 Å². The quantitative estimate of drug-likeness (QED) is 0.160. The van der Waals surface area contributed by atoms with E-state index in [-0.39, 0.29) is 28.8 Å². The standard InChI is InChI=1S/C24H24FN5O3S/c1-14(2)12-30-22(15-8-4-5-9-16(15)25)28-29-24(30)34-13-19(31)20(23(32)33-3)21-26-17-10-6-7-11-18(17)27-21/h4-11,14,31H,12-13H2,1-3H3,(H,26,27). The number of esters is 1. The zero-order chi connectivity index (χ0) is 24.2. The molecule has 0 aliphatic carbocycles. The molecule has 0 aliphatic rings. The van der Waals surface area contributed by atoms with Gasteiger partial charge in [0.25, 0.3) is 0 Å². The SMILES string of the molecule is COC(=O)C(=C(O)CSc1nnc(-c2ccccc2F)n1CC(C)C)c1nc2ccccc2[nH]1. The van der Waals surface area contributed by atoms with Crippen LogP contribution in [0, 0.1) is 11.7 Å². The summed E-state index contributed by atoms with van der Waals surface area (Å²) in [5.41, 5.74) is 1.67. The second-order valence-electron chi connectivity index (χ2n) is 7.99. The van der Waals surface area contributed by atoms with E-state index >= 15 is 0 Å². The summed E-state index contributed by atoms with van der Waals surface area (Å²) in [4.78, 5) is 20.0. The molecule has 8 nitrogen and oxygen atoms in total. The Morgan fingerprint density at radius 1 is 1.18 bits per heavy atom. The van der Waals surface area contributed by atoms with E-state index in [1.807, 2.05) is 36.6 Å². The Kier molecular flexibility index (Phi) is 6.97. The number of ether oxygens (including phenoxy) is 1. The Labute approximate surface area is 199 Å². The molecule has 0 fully saturated rings. The van der Waals surface area contributed by atoms with Gasteiger partial charge in [0.15, 0.2) is 11.0 Å². The number of aromatic nitrogens is 5. The summed E-state index contributed by atoms with van der Waals surface area (Å²) < 4.78 is 21.1. The van der Waals surface area contributed by atoms with E-state index in [2.05, 4.69) is 20.2 Å². The number of thioether (sulfide) groups is 1. The fourth-order valence-electron chi connectivity index (χ4n) is 3.50. The molecule has 0 aliphatic heterocycles. The van der Waals surface area contributed by atoms with Crippen LogP contribution in [0.4, 0.5) is 4.39 Å². The normalized spacial score (nSPS) is 12.3. The number of benzene rings is 2. The topological polar surface area (TPSA) is 106 Å². The van der Waals surface area contributed by atoms with Crippen LogP contribution in [0.2, 0.25) is 0 Å². The van der Waals surface area contributed by atoms with E-state index in [1.165, 1.54) is 24.9 Å². The number of carbonyl (C=O) groups is 1. The highest BCUT2D eigenvalue weighted by Gasteiger charge is 2.24. The number of methoxy groups -OCH3 is 1. The summed E-state index contributed by atoms with van der Waals surface area (Å²) in [7, 11) is 1.24. The molecule has 4 aromatic rings. The van der Waals surface area contributed by atoms with Crippen molar-refractivity contribution in [1.82, 2.24) is 24.7 Å². The lowest BCUT2D eigenvalue weighted by Gasteiger charge is -2.13. The molecule has 2 N–H and O–H groups in total. The number of rotatable bonds is 8. The van der Waals surface area contributed by atoms with Crippen LogP contribution in [0.1, 0.15) is 19.7 Å². The van der Waals surface area contributed by atoms with Crippen LogP contribution in [-0.4, -0.2) is 48.7 Å². The molecule has 0 atom stereocenters. The van der Waals surface area contributed by atoms with Crippen molar-refractivity contribution in [2.75, 3.05) is 12.9 Å². The first-order valence-electron chi connectivity index (χ1n) is 10.7. The lowest BCUT2D eigenvalue weighted by molar-refractivity contribution is -0.133. The average Bonchev–Trinajstić information content (AvgIpc) is 3.41. The number of halogens is 1. The molecule has 0 amide bonds. The van der Waals surface area contributed by atoms with E-state index in [9.17, 15) is 14.3 Å². The van der Waals surface area contributed by atoms with E-state index < -0.39 is 11.8 Å². The number of carbonyl (C=O) groups excluding carboxylic acids is 1. The van der Waals surface area contributed by atoms with Gasteiger partial charge in [-0.25, -0.2) is 14.2 Å². The maximum atomic E-state index is 14.4. The molecule has 0 radical (unpaired) electrons. The molecular formula is C24H24FN5O3S. The third-order valence-corrected chi connectivity index (χ3v) is 6.00. The summed E-state index contributed by atoms with van der Waals surface area (Å²) in [5.74, 6) is -0.460. The van der Waals surface area contributed by atoms with Gasteiger partial charge in [0, 0.05) is 6.54 Å². The van der Waals surface area contributed by atoms with Crippen LogP contribution in [0.5, 0.6) is 0 Å². The Balaban J connectivity index is 1.68. The first-order valence-corrected chi connectivity index (χ1v) is 11.6. The van der Waals surface area contributed by atoms with Gasteiger partial charge in [0.1, 0.15) is 23.0 Å². The van der Waals surface area contributed by atoms with E-state index in [1.54, 1.807) is 24.3 Å². The molecule has 0 spiro atoms. The molecular weight excluding hydrogens is 457 g/mol. The molecule has 2 heterocycles. The van der Waals surface area contributed by atoms with Gasteiger partial charge in [0.05, 0.1) is 29.5 Å². The molecule has 0 saturated carbocycles. The van der Waals surface area contributed by atoms with Crippen LogP contribution in [0.3, 0.4) is 0 Å². The minimum Gasteiger partial charge on any atom is -0.510 e. The Hall–Kier alpha value is -3.66. The fourth-order valence-corrected chi connectivity index (χ4v) is 4.32. The second kappa shape index (κ2) is 10.1. The number of H-pyrrole nitrogens is 1. The number of para-hydroxylation sites is 2. The summed E-state index contributed by atoms with van der Waals surface area (Å²) in [6.45, 7) is 4.62. The first kappa shape index (κ1) is 23.5. The van der Waals surface area contributed by atoms with Gasteiger partial charge in [-0.1, -0.05) is 49.9 Å². The van der Waals surface area contributed by atoms with Crippen LogP contribution < -0.4 is 0 Å². The Bertz CT molecular complexity index is 1330. The minimum absolute atomic E-state index is 0.00891. The maximum Gasteiger partial charge on any atom is 0.345 e. The van der Waals surface area contributed by atoms with Crippen molar-refractivity contribution in [3.8, 4) is 11.4 Å². The number of hydrogen-bond acceptors (Lipinski definition) is 7. The van der Waals surface area contributed by atoms with Crippen LogP contribution >= 0.6 is 11.8 Å². The van der Waals surface area contributed by atoms with Crippen molar-refractivity contribution in [3.05, 3.63) is 65.9 Å². The van der Waals surface area contributed by atoms with Gasteiger partial charge in [0.2, 0.25) is 0 Å².